The average Bonchev–Trinajstić information content (AvgIpc) is 3.37. The Balaban J connectivity index is 1.30. The number of amides is 2. The molecular weight excluding hydrogens is 402 g/mol. The van der Waals surface area contributed by atoms with E-state index in [1.165, 1.54) is 0 Å². The molecule has 2 amide bonds. The molecule has 0 atom stereocenters. The first-order valence-electron chi connectivity index (χ1n) is 9.90. The van der Waals surface area contributed by atoms with Crippen LogP contribution in [0.5, 0.6) is 0 Å². The van der Waals surface area contributed by atoms with Gasteiger partial charge < -0.3 is 14.7 Å². The first-order valence-corrected chi connectivity index (χ1v) is 10.7. The van der Waals surface area contributed by atoms with Gasteiger partial charge in [-0.05, 0) is 26.7 Å². The molecule has 2 aromatic heterocycles. The number of nitrogens with zero attached hydrogens (tertiary/aromatic N) is 4. The van der Waals surface area contributed by atoms with Gasteiger partial charge >= 0.3 is 11.8 Å². The molecule has 3 aromatic rings. The molecule has 1 aliphatic rings. The average molecular weight is 426 g/mol. The summed E-state index contributed by atoms with van der Waals surface area (Å²) < 4.78 is 5.44. The van der Waals surface area contributed by atoms with E-state index in [1.807, 2.05) is 44.2 Å². The molecule has 1 aromatic carbocycles. The first-order chi connectivity index (χ1) is 14.5. The third-order valence-corrected chi connectivity index (χ3v) is 6.34. The predicted octanol–water partition coefficient (Wildman–Crippen LogP) is 2.83. The van der Waals surface area contributed by atoms with E-state index in [1.54, 1.807) is 16.2 Å². The second kappa shape index (κ2) is 8.74. The SMILES string of the molecule is Cc1nnc(C2CCN(C(=O)C(=O)NCc3noc(-c4ccccc4)c3C)CC2)s1. The lowest BCUT2D eigenvalue weighted by molar-refractivity contribution is -0.146. The standard InChI is InChI=1S/C21H23N5O3S/c1-13-17(25-29-18(13)15-6-4-3-5-7-15)12-22-19(27)21(28)26-10-8-16(9-11-26)20-24-23-14(2)30-20/h3-7,16H,8-12H2,1-2H3,(H,22,27). The molecular formula is C21H23N5O3S. The largest absolute Gasteiger partial charge is 0.356 e. The Hall–Kier alpha value is -3.07. The van der Waals surface area contributed by atoms with Gasteiger partial charge in [0.1, 0.15) is 15.7 Å². The normalized spacial score (nSPS) is 14.7. The summed E-state index contributed by atoms with van der Waals surface area (Å²) in [7, 11) is 0. The van der Waals surface area contributed by atoms with Gasteiger partial charge in [-0.2, -0.15) is 0 Å². The fourth-order valence-electron chi connectivity index (χ4n) is 3.58. The lowest BCUT2D eigenvalue weighted by atomic mass is 9.97. The minimum absolute atomic E-state index is 0.146. The van der Waals surface area contributed by atoms with Crippen molar-refractivity contribution < 1.29 is 14.1 Å². The maximum atomic E-state index is 12.5. The molecule has 0 unspecified atom stereocenters. The minimum atomic E-state index is -0.621. The van der Waals surface area contributed by atoms with E-state index in [4.69, 9.17) is 4.52 Å². The molecule has 0 spiro atoms. The van der Waals surface area contributed by atoms with Crippen molar-refractivity contribution in [1.82, 2.24) is 25.6 Å². The summed E-state index contributed by atoms with van der Waals surface area (Å²) in [6.07, 6.45) is 1.58. The maximum Gasteiger partial charge on any atom is 0.311 e. The summed E-state index contributed by atoms with van der Waals surface area (Å²) in [5, 5.41) is 17.0. The van der Waals surface area contributed by atoms with Crippen molar-refractivity contribution in [2.75, 3.05) is 13.1 Å². The van der Waals surface area contributed by atoms with Crippen LogP contribution in [0, 0.1) is 13.8 Å². The van der Waals surface area contributed by atoms with Gasteiger partial charge in [-0.1, -0.05) is 35.5 Å². The summed E-state index contributed by atoms with van der Waals surface area (Å²) >= 11 is 1.60. The number of hydrogen-bond acceptors (Lipinski definition) is 7. The molecule has 1 N–H and O–H groups in total. The van der Waals surface area contributed by atoms with Gasteiger partial charge in [-0.3, -0.25) is 9.59 Å². The number of aromatic nitrogens is 3. The third kappa shape index (κ3) is 4.25. The van der Waals surface area contributed by atoms with E-state index in [0.29, 0.717) is 30.5 Å². The molecule has 0 aliphatic carbocycles. The Morgan fingerprint density at radius 1 is 1.17 bits per heavy atom. The van der Waals surface area contributed by atoms with Crippen molar-refractivity contribution in [3.8, 4) is 11.3 Å². The van der Waals surface area contributed by atoms with Crippen LogP contribution >= 0.6 is 11.3 Å². The van der Waals surface area contributed by atoms with Crippen LogP contribution in [-0.4, -0.2) is 45.2 Å². The van der Waals surface area contributed by atoms with Gasteiger partial charge in [-0.15, -0.1) is 21.5 Å². The zero-order chi connectivity index (χ0) is 21.1. The molecule has 1 aliphatic heterocycles. The molecule has 8 nitrogen and oxygen atoms in total. The summed E-state index contributed by atoms with van der Waals surface area (Å²) in [4.78, 5) is 26.5. The zero-order valence-electron chi connectivity index (χ0n) is 16.9. The predicted molar refractivity (Wildman–Crippen MR) is 112 cm³/mol. The highest BCUT2D eigenvalue weighted by atomic mass is 32.1. The molecule has 9 heteroatoms. The molecule has 4 rings (SSSR count). The van der Waals surface area contributed by atoms with Crippen LogP contribution in [0.2, 0.25) is 0 Å². The van der Waals surface area contributed by atoms with Crippen molar-refractivity contribution in [2.24, 2.45) is 0 Å². The topological polar surface area (TPSA) is 101 Å². The Bertz CT molecular complexity index is 1040. The van der Waals surface area contributed by atoms with E-state index in [2.05, 4.69) is 20.7 Å². The number of carbonyl (C=O) groups is 2. The zero-order valence-corrected chi connectivity index (χ0v) is 17.7. The molecule has 0 saturated carbocycles. The monoisotopic (exact) mass is 425 g/mol. The van der Waals surface area contributed by atoms with Crippen LogP contribution in [0.1, 0.15) is 40.0 Å². The van der Waals surface area contributed by atoms with Crippen LogP contribution in [0.4, 0.5) is 0 Å². The number of piperidine rings is 1. The quantitative estimate of drug-likeness (QED) is 0.645. The Kier molecular flexibility index (Phi) is 5.89. The molecule has 3 heterocycles. The van der Waals surface area contributed by atoms with Gasteiger partial charge in [0.25, 0.3) is 0 Å². The van der Waals surface area contributed by atoms with Crippen LogP contribution in [0.15, 0.2) is 34.9 Å². The highest BCUT2D eigenvalue weighted by Gasteiger charge is 2.29. The van der Waals surface area contributed by atoms with Gasteiger partial charge in [0, 0.05) is 30.1 Å². The molecule has 30 heavy (non-hydrogen) atoms. The summed E-state index contributed by atoms with van der Waals surface area (Å²) in [5.41, 5.74) is 2.38. The van der Waals surface area contributed by atoms with E-state index in [9.17, 15) is 9.59 Å². The molecule has 0 bridgehead atoms. The highest BCUT2D eigenvalue weighted by molar-refractivity contribution is 7.11. The van der Waals surface area contributed by atoms with E-state index in [-0.39, 0.29) is 6.54 Å². The smallest absolute Gasteiger partial charge is 0.311 e. The Morgan fingerprint density at radius 2 is 1.90 bits per heavy atom. The van der Waals surface area contributed by atoms with Crippen molar-refractivity contribution in [3.05, 3.63) is 51.6 Å². The number of hydrogen-bond donors (Lipinski definition) is 1. The Labute approximate surface area is 178 Å². The molecule has 1 fully saturated rings. The second-order valence-corrected chi connectivity index (χ2v) is 8.57. The van der Waals surface area contributed by atoms with Crippen LogP contribution in [-0.2, 0) is 16.1 Å². The number of rotatable bonds is 4. The second-order valence-electron chi connectivity index (χ2n) is 7.36. The van der Waals surface area contributed by atoms with E-state index < -0.39 is 11.8 Å². The van der Waals surface area contributed by atoms with Crippen molar-refractivity contribution in [2.45, 2.75) is 39.2 Å². The first kappa shape index (κ1) is 20.2. The Morgan fingerprint density at radius 3 is 2.57 bits per heavy atom. The fraction of sp³-hybridized carbons (Fsp3) is 0.381. The van der Waals surface area contributed by atoms with E-state index in [0.717, 1.165) is 34.0 Å². The van der Waals surface area contributed by atoms with Gasteiger partial charge in [-0.25, -0.2) is 0 Å². The number of carbonyl (C=O) groups excluding carboxylic acids is 2. The fourth-order valence-corrected chi connectivity index (χ4v) is 4.45. The molecule has 0 radical (unpaired) electrons. The lowest BCUT2D eigenvalue weighted by Gasteiger charge is -2.30. The number of benzene rings is 1. The van der Waals surface area contributed by atoms with E-state index >= 15 is 0 Å². The van der Waals surface area contributed by atoms with Gasteiger partial charge in [0.15, 0.2) is 5.76 Å². The maximum absolute atomic E-state index is 12.5. The van der Waals surface area contributed by atoms with Crippen LogP contribution in [0.25, 0.3) is 11.3 Å². The summed E-state index contributed by atoms with van der Waals surface area (Å²) in [6, 6.07) is 9.65. The molecule has 156 valence electrons. The van der Waals surface area contributed by atoms with Crippen molar-refractivity contribution in [1.29, 1.82) is 0 Å². The van der Waals surface area contributed by atoms with Crippen molar-refractivity contribution in [3.63, 3.8) is 0 Å². The minimum Gasteiger partial charge on any atom is -0.356 e. The number of likely N-dealkylation sites (tertiary alicyclic amines) is 1. The van der Waals surface area contributed by atoms with Gasteiger partial charge in [0.2, 0.25) is 0 Å². The van der Waals surface area contributed by atoms with Crippen LogP contribution in [0.3, 0.4) is 0 Å². The molecule has 1 saturated heterocycles. The lowest BCUT2D eigenvalue weighted by Crippen LogP contribution is -2.46. The van der Waals surface area contributed by atoms with Gasteiger partial charge in [0.05, 0.1) is 6.54 Å². The highest BCUT2D eigenvalue weighted by Crippen LogP contribution is 2.30. The summed E-state index contributed by atoms with van der Waals surface area (Å²) in [6.45, 7) is 5.05. The van der Waals surface area contributed by atoms with Crippen molar-refractivity contribution >= 4 is 23.2 Å². The third-order valence-electron chi connectivity index (χ3n) is 5.34. The number of aryl methyl sites for hydroxylation is 1. The summed E-state index contributed by atoms with van der Waals surface area (Å²) in [5.74, 6) is -0.159. The van der Waals surface area contributed by atoms with Crippen LogP contribution < -0.4 is 5.32 Å². The number of nitrogens with one attached hydrogen (secondary N) is 1.